The van der Waals surface area contributed by atoms with Gasteiger partial charge < -0.3 is 16.0 Å². The predicted molar refractivity (Wildman–Crippen MR) is 118 cm³/mol. The van der Waals surface area contributed by atoms with E-state index in [-0.39, 0.29) is 17.8 Å². The van der Waals surface area contributed by atoms with E-state index in [2.05, 4.69) is 15.3 Å². The molecule has 1 aliphatic heterocycles. The molecule has 158 valence electrons. The Bertz CT molecular complexity index is 1180. The van der Waals surface area contributed by atoms with Crippen LogP contribution in [0.15, 0.2) is 42.5 Å². The maximum atomic E-state index is 13.5. The average Bonchev–Trinajstić information content (AvgIpc) is 3.16. The number of hydrogen-bond donors (Lipinski definition) is 2. The van der Waals surface area contributed by atoms with Gasteiger partial charge in [-0.2, -0.15) is 0 Å². The number of anilines is 1. The molecule has 2 amide bonds. The minimum Gasteiger partial charge on any atom is -0.368 e. The Morgan fingerprint density at radius 1 is 1.10 bits per heavy atom. The molecule has 3 aromatic rings. The molecule has 2 heterocycles. The van der Waals surface area contributed by atoms with Crippen molar-refractivity contribution in [2.45, 2.75) is 44.7 Å². The third-order valence-electron chi connectivity index (χ3n) is 6.58. The number of nitrogens with zero attached hydrogens (tertiary/aromatic N) is 3. The molecule has 0 unspecified atom stereocenters. The topological polar surface area (TPSA) is 101 Å². The quantitative estimate of drug-likeness (QED) is 0.682. The molecule has 2 aromatic carbocycles. The largest absolute Gasteiger partial charge is 0.368 e. The summed E-state index contributed by atoms with van der Waals surface area (Å²) >= 11 is 0. The number of nitrogen functional groups attached to an aromatic ring is 1. The fourth-order valence-corrected chi connectivity index (χ4v) is 4.74. The van der Waals surface area contributed by atoms with E-state index >= 15 is 0 Å². The molecule has 5 rings (SSSR count). The van der Waals surface area contributed by atoms with Crippen LogP contribution >= 0.6 is 0 Å². The number of amides is 2. The number of benzene rings is 2. The van der Waals surface area contributed by atoms with E-state index in [1.165, 1.54) is 0 Å². The number of aromatic nitrogens is 2. The molecule has 3 N–H and O–H groups in total. The standard InChI is InChI=1S/C24H25N5O2/c1-2-26-22(31)24(10-5-11-24)17-8-9-19-18(12-17)20(28-23(25)27-19)21(30)29-13-15-6-3-4-7-16(15)14-29/h3-4,6-9,12H,2,5,10-11,13-14H2,1H3,(H,26,31)(H2,25,27,28). The maximum Gasteiger partial charge on any atom is 0.273 e. The Hall–Kier alpha value is -3.48. The first kappa shape index (κ1) is 19.5. The van der Waals surface area contributed by atoms with Crippen molar-refractivity contribution in [1.82, 2.24) is 20.2 Å². The van der Waals surface area contributed by atoms with Crippen molar-refractivity contribution in [3.63, 3.8) is 0 Å². The number of hydrogen-bond acceptors (Lipinski definition) is 5. The van der Waals surface area contributed by atoms with Crippen molar-refractivity contribution < 1.29 is 9.59 Å². The smallest absolute Gasteiger partial charge is 0.273 e. The summed E-state index contributed by atoms with van der Waals surface area (Å²) in [5, 5.41) is 3.61. The average molecular weight is 415 g/mol. The zero-order chi connectivity index (χ0) is 21.6. The van der Waals surface area contributed by atoms with Gasteiger partial charge in [-0.3, -0.25) is 9.59 Å². The summed E-state index contributed by atoms with van der Waals surface area (Å²) in [7, 11) is 0. The van der Waals surface area contributed by atoms with E-state index in [4.69, 9.17) is 5.73 Å². The van der Waals surface area contributed by atoms with E-state index in [0.29, 0.717) is 36.2 Å². The first-order valence-electron chi connectivity index (χ1n) is 10.7. The highest BCUT2D eigenvalue weighted by Crippen LogP contribution is 2.45. The molecule has 0 saturated heterocycles. The summed E-state index contributed by atoms with van der Waals surface area (Å²) in [5.74, 6) is -0.0599. The van der Waals surface area contributed by atoms with Gasteiger partial charge in [0, 0.05) is 25.0 Å². The number of nitrogens with one attached hydrogen (secondary N) is 1. The third kappa shape index (κ3) is 3.12. The molecule has 0 spiro atoms. The normalized spacial score (nSPS) is 16.6. The Labute approximate surface area is 180 Å². The Balaban J connectivity index is 1.56. The van der Waals surface area contributed by atoms with Gasteiger partial charge in [0.15, 0.2) is 0 Å². The molecule has 0 bridgehead atoms. The first-order valence-corrected chi connectivity index (χ1v) is 10.7. The molecule has 0 atom stereocenters. The van der Waals surface area contributed by atoms with E-state index < -0.39 is 5.41 Å². The molecule has 1 aliphatic carbocycles. The van der Waals surface area contributed by atoms with Crippen LogP contribution in [0.3, 0.4) is 0 Å². The number of carbonyl (C=O) groups is 2. The number of likely N-dealkylation sites (N-methyl/N-ethyl adjacent to an activating group) is 1. The first-order chi connectivity index (χ1) is 15.0. The van der Waals surface area contributed by atoms with Crippen LogP contribution in [-0.2, 0) is 23.3 Å². The van der Waals surface area contributed by atoms with E-state index in [1.54, 1.807) is 4.90 Å². The van der Waals surface area contributed by atoms with Gasteiger partial charge >= 0.3 is 0 Å². The fourth-order valence-electron chi connectivity index (χ4n) is 4.74. The zero-order valence-corrected chi connectivity index (χ0v) is 17.5. The van der Waals surface area contributed by atoms with Crippen molar-refractivity contribution in [3.8, 4) is 0 Å². The molecule has 7 heteroatoms. The van der Waals surface area contributed by atoms with E-state index in [1.807, 2.05) is 49.4 Å². The van der Waals surface area contributed by atoms with Crippen molar-refractivity contribution >= 4 is 28.7 Å². The summed E-state index contributed by atoms with van der Waals surface area (Å²) in [6, 6.07) is 13.7. The van der Waals surface area contributed by atoms with Crippen LogP contribution in [0, 0.1) is 0 Å². The van der Waals surface area contributed by atoms with E-state index in [0.717, 1.165) is 36.0 Å². The van der Waals surface area contributed by atoms with Gasteiger partial charge in [-0.15, -0.1) is 0 Å². The molecule has 1 saturated carbocycles. The second-order valence-electron chi connectivity index (χ2n) is 8.39. The van der Waals surface area contributed by atoms with Crippen molar-refractivity contribution in [2.75, 3.05) is 12.3 Å². The molecular formula is C24H25N5O2. The lowest BCUT2D eigenvalue weighted by Crippen LogP contribution is -2.49. The highest BCUT2D eigenvalue weighted by molar-refractivity contribution is 6.05. The molecular weight excluding hydrogens is 390 g/mol. The van der Waals surface area contributed by atoms with Crippen LogP contribution < -0.4 is 11.1 Å². The predicted octanol–water partition coefficient (Wildman–Crippen LogP) is 2.93. The van der Waals surface area contributed by atoms with Crippen molar-refractivity contribution in [3.05, 3.63) is 64.8 Å². The Kier molecular flexibility index (Phi) is 4.61. The van der Waals surface area contributed by atoms with Gasteiger partial charge in [0.1, 0.15) is 5.69 Å². The highest BCUT2D eigenvalue weighted by Gasteiger charge is 2.45. The fraction of sp³-hybridized carbons (Fsp3) is 0.333. The second kappa shape index (κ2) is 7.34. The lowest BCUT2D eigenvalue weighted by atomic mass is 9.63. The molecule has 0 radical (unpaired) electrons. The number of rotatable bonds is 4. The zero-order valence-electron chi connectivity index (χ0n) is 17.5. The third-order valence-corrected chi connectivity index (χ3v) is 6.58. The van der Waals surface area contributed by atoms with Gasteiger partial charge in [0.05, 0.1) is 10.9 Å². The van der Waals surface area contributed by atoms with Crippen LogP contribution in [0.5, 0.6) is 0 Å². The Morgan fingerprint density at radius 3 is 2.42 bits per heavy atom. The maximum absolute atomic E-state index is 13.5. The van der Waals surface area contributed by atoms with Gasteiger partial charge in [0.25, 0.3) is 5.91 Å². The number of carbonyl (C=O) groups excluding carboxylic acids is 2. The summed E-state index contributed by atoms with van der Waals surface area (Å²) in [6.45, 7) is 3.60. The molecule has 7 nitrogen and oxygen atoms in total. The Morgan fingerprint density at radius 2 is 1.81 bits per heavy atom. The minimum atomic E-state index is -0.546. The second-order valence-corrected chi connectivity index (χ2v) is 8.39. The minimum absolute atomic E-state index is 0.0415. The van der Waals surface area contributed by atoms with Crippen LogP contribution in [0.1, 0.15) is 53.4 Å². The lowest BCUT2D eigenvalue weighted by Gasteiger charge is -2.40. The molecule has 2 aliphatic rings. The van der Waals surface area contributed by atoms with Gasteiger partial charge in [-0.05, 0) is 48.6 Å². The van der Waals surface area contributed by atoms with Crippen LogP contribution in [0.2, 0.25) is 0 Å². The van der Waals surface area contributed by atoms with Crippen molar-refractivity contribution in [1.29, 1.82) is 0 Å². The van der Waals surface area contributed by atoms with Crippen molar-refractivity contribution in [2.24, 2.45) is 0 Å². The van der Waals surface area contributed by atoms with Gasteiger partial charge in [-0.25, -0.2) is 9.97 Å². The summed E-state index contributed by atoms with van der Waals surface area (Å²) in [4.78, 5) is 36.8. The van der Waals surface area contributed by atoms with E-state index in [9.17, 15) is 9.59 Å². The summed E-state index contributed by atoms with van der Waals surface area (Å²) in [6.07, 6.45) is 2.60. The number of fused-ring (bicyclic) bond motifs is 2. The van der Waals surface area contributed by atoms with Crippen LogP contribution in [-0.4, -0.2) is 33.2 Å². The molecule has 1 fully saturated rings. The summed E-state index contributed by atoms with van der Waals surface area (Å²) < 4.78 is 0. The van der Waals surface area contributed by atoms with Crippen LogP contribution in [0.25, 0.3) is 10.9 Å². The molecule has 1 aromatic heterocycles. The molecule has 31 heavy (non-hydrogen) atoms. The van der Waals surface area contributed by atoms with Crippen LogP contribution in [0.4, 0.5) is 5.95 Å². The lowest BCUT2D eigenvalue weighted by molar-refractivity contribution is -0.129. The SMILES string of the molecule is CCNC(=O)C1(c2ccc3nc(N)nc(C(=O)N4Cc5ccccc5C4)c3c2)CCC1. The number of nitrogens with two attached hydrogens (primary N) is 1. The summed E-state index contributed by atoms with van der Waals surface area (Å²) in [5.41, 5.74) is 9.50. The monoisotopic (exact) mass is 415 g/mol. The van der Waals surface area contributed by atoms with Gasteiger partial charge in [0.2, 0.25) is 11.9 Å². The highest BCUT2D eigenvalue weighted by atomic mass is 16.2. The van der Waals surface area contributed by atoms with Gasteiger partial charge in [-0.1, -0.05) is 36.8 Å².